The lowest BCUT2D eigenvalue weighted by molar-refractivity contribution is 0.155. The Morgan fingerprint density at radius 1 is 1.26 bits per heavy atom. The summed E-state index contributed by atoms with van der Waals surface area (Å²) in [6.45, 7) is 0.219. The summed E-state index contributed by atoms with van der Waals surface area (Å²) in [7, 11) is 1.55. The van der Waals surface area contributed by atoms with Crippen LogP contribution >= 0.6 is 0 Å². The largest absolute Gasteiger partial charge is 0.497 e. The number of hydrogen-bond acceptors (Lipinski definition) is 4. The highest BCUT2D eigenvalue weighted by Crippen LogP contribution is 2.13. The highest BCUT2D eigenvalue weighted by Gasteiger charge is 2.05. The molecule has 0 radical (unpaired) electrons. The number of pyridine rings is 1. The number of ether oxygens (including phenoxy) is 2. The van der Waals surface area contributed by atoms with Crippen LogP contribution in [0.4, 0.5) is 10.6 Å². The van der Waals surface area contributed by atoms with Crippen LogP contribution < -0.4 is 10.1 Å². The molecule has 1 amide bonds. The summed E-state index contributed by atoms with van der Waals surface area (Å²) in [5.74, 6) is 1.01. The van der Waals surface area contributed by atoms with Crippen LogP contribution in [-0.2, 0) is 11.3 Å². The summed E-state index contributed by atoms with van der Waals surface area (Å²) in [6.07, 6.45) is 0.996. The number of nitrogens with zero attached hydrogens (tertiary/aromatic N) is 1. The Morgan fingerprint density at radius 3 is 2.79 bits per heavy atom. The van der Waals surface area contributed by atoms with Crippen LogP contribution in [0.25, 0.3) is 0 Å². The number of amides is 1. The molecule has 2 rings (SSSR count). The van der Waals surface area contributed by atoms with Crippen molar-refractivity contribution in [1.29, 1.82) is 0 Å². The molecule has 0 saturated heterocycles. The number of carbonyl (C=O) groups excluding carboxylic acids is 1. The number of anilines is 1. The number of benzene rings is 1. The second kappa shape index (κ2) is 6.39. The Kier molecular flexibility index (Phi) is 4.34. The monoisotopic (exact) mass is 258 g/mol. The molecule has 1 aromatic carbocycles. The normalized spacial score (nSPS) is 9.74. The Bertz CT molecular complexity index is 543. The Balaban J connectivity index is 1.87. The van der Waals surface area contributed by atoms with E-state index in [9.17, 15) is 4.79 Å². The lowest BCUT2D eigenvalue weighted by Gasteiger charge is -2.07. The molecule has 0 aliphatic carbocycles. The maximum atomic E-state index is 11.6. The van der Waals surface area contributed by atoms with Crippen LogP contribution in [-0.4, -0.2) is 18.2 Å². The van der Waals surface area contributed by atoms with E-state index < -0.39 is 6.09 Å². The van der Waals surface area contributed by atoms with Gasteiger partial charge in [-0.15, -0.1) is 0 Å². The van der Waals surface area contributed by atoms with Gasteiger partial charge in [-0.25, -0.2) is 9.78 Å². The maximum Gasteiger partial charge on any atom is 0.413 e. The van der Waals surface area contributed by atoms with Gasteiger partial charge < -0.3 is 9.47 Å². The first kappa shape index (κ1) is 12.9. The van der Waals surface area contributed by atoms with E-state index in [4.69, 9.17) is 9.47 Å². The SMILES string of the molecule is COc1ccnc(NC(=O)OCc2ccccc2)c1. The minimum Gasteiger partial charge on any atom is -0.497 e. The summed E-state index contributed by atoms with van der Waals surface area (Å²) in [6, 6.07) is 12.8. The van der Waals surface area contributed by atoms with Gasteiger partial charge in [0.1, 0.15) is 18.2 Å². The van der Waals surface area contributed by atoms with Crippen molar-refractivity contribution in [2.75, 3.05) is 12.4 Å². The number of hydrogen-bond donors (Lipinski definition) is 1. The standard InChI is InChI=1S/C14H14N2O3/c1-18-12-7-8-15-13(9-12)16-14(17)19-10-11-5-3-2-4-6-11/h2-9H,10H2,1H3,(H,15,16,17). The van der Waals surface area contributed by atoms with Crippen LogP contribution in [0.1, 0.15) is 5.56 Å². The van der Waals surface area contributed by atoms with Gasteiger partial charge in [-0.2, -0.15) is 0 Å². The number of carbonyl (C=O) groups is 1. The summed E-state index contributed by atoms with van der Waals surface area (Å²) >= 11 is 0. The van der Waals surface area contributed by atoms with E-state index in [0.29, 0.717) is 11.6 Å². The van der Waals surface area contributed by atoms with Crippen LogP contribution in [0.15, 0.2) is 48.7 Å². The van der Waals surface area contributed by atoms with Crippen molar-refractivity contribution in [2.24, 2.45) is 0 Å². The summed E-state index contributed by atoms with van der Waals surface area (Å²) < 4.78 is 10.1. The van der Waals surface area contributed by atoms with E-state index >= 15 is 0 Å². The van der Waals surface area contributed by atoms with Gasteiger partial charge in [-0.05, 0) is 11.6 Å². The van der Waals surface area contributed by atoms with Gasteiger partial charge in [0.15, 0.2) is 0 Å². The van der Waals surface area contributed by atoms with Gasteiger partial charge in [-0.1, -0.05) is 30.3 Å². The second-order valence-electron chi connectivity index (χ2n) is 3.77. The predicted molar refractivity (Wildman–Crippen MR) is 71.0 cm³/mol. The third kappa shape index (κ3) is 3.99. The van der Waals surface area contributed by atoms with Crippen LogP contribution in [0.2, 0.25) is 0 Å². The first-order valence-electron chi connectivity index (χ1n) is 5.75. The molecule has 0 aliphatic heterocycles. The number of rotatable bonds is 4. The van der Waals surface area contributed by atoms with E-state index in [1.807, 2.05) is 30.3 Å². The molecule has 19 heavy (non-hydrogen) atoms. The Labute approximate surface area is 111 Å². The molecule has 0 spiro atoms. The van der Waals surface area contributed by atoms with Crippen LogP contribution in [0.5, 0.6) is 5.75 Å². The number of nitrogens with one attached hydrogen (secondary N) is 1. The molecule has 0 fully saturated rings. The second-order valence-corrected chi connectivity index (χ2v) is 3.77. The van der Waals surface area contributed by atoms with E-state index in [2.05, 4.69) is 10.3 Å². The minimum atomic E-state index is -0.551. The van der Waals surface area contributed by atoms with Crippen molar-refractivity contribution in [2.45, 2.75) is 6.61 Å². The van der Waals surface area contributed by atoms with E-state index in [-0.39, 0.29) is 6.61 Å². The lowest BCUT2D eigenvalue weighted by atomic mass is 10.2. The average Bonchev–Trinajstić information content (AvgIpc) is 2.46. The predicted octanol–water partition coefficient (Wildman–Crippen LogP) is 2.84. The first-order valence-corrected chi connectivity index (χ1v) is 5.75. The molecule has 5 heteroatoms. The highest BCUT2D eigenvalue weighted by atomic mass is 16.5. The molecular formula is C14H14N2O3. The van der Waals surface area contributed by atoms with Gasteiger partial charge >= 0.3 is 6.09 Å². The molecule has 1 heterocycles. The van der Waals surface area contributed by atoms with Crippen LogP contribution in [0, 0.1) is 0 Å². The first-order chi connectivity index (χ1) is 9.28. The molecule has 1 aromatic heterocycles. The van der Waals surface area contributed by atoms with E-state index in [1.54, 1.807) is 25.4 Å². The number of methoxy groups -OCH3 is 1. The van der Waals surface area contributed by atoms with Crippen molar-refractivity contribution >= 4 is 11.9 Å². The summed E-state index contributed by atoms with van der Waals surface area (Å²) in [5, 5.41) is 2.53. The zero-order valence-electron chi connectivity index (χ0n) is 10.5. The quantitative estimate of drug-likeness (QED) is 0.916. The van der Waals surface area contributed by atoms with Crippen molar-refractivity contribution < 1.29 is 14.3 Å². The molecule has 5 nitrogen and oxygen atoms in total. The third-order valence-electron chi connectivity index (χ3n) is 2.41. The molecule has 0 bridgehead atoms. The van der Waals surface area contributed by atoms with Gasteiger partial charge in [0.05, 0.1) is 7.11 Å². The molecule has 0 unspecified atom stereocenters. The zero-order chi connectivity index (χ0) is 13.5. The smallest absolute Gasteiger partial charge is 0.413 e. The minimum absolute atomic E-state index is 0.219. The van der Waals surface area contributed by atoms with Crippen molar-refractivity contribution in [1.82, 2.24) is 4.98 Å². The van der Waals surface area contributed by atoms with Crippen LogP contribution in [0.3, 0.4) is 0 Å². The fourth-order valence-corrected chi connectivity index (χ4v) is 1.47. The molecule has 0 aliphatic rings. The van der Waals surface area contributed by atoms with E-state index in [1.165, 1.54) is 0 Å². The van der Waals surface area contributed by atoms with Gasteiger partial charge in [-0.3, -0.25) is 5.32 Å². The fraction of sp³-hybridized carbons (Fsp3) is 0.143. The Hall–Kier alpha value is -2.56. The molecule has 0 saturated carbocycles. The lowest BCUT2D eigenvalue weighted by Crippen LogP contribution is -2.14. The topological polar surface area (TPSA) is 60.5 Å². The van der Waals surface area contributed by atoms with Crippen molar-refractivity contribution in [3.8, 4) is 5.75 Å². The third-order valence-corrected chi connectivity index (χ3v) is 2.41. The molecule has 98 valence electrons. The molecular weight excluding hydrogens is 244 g/mol. The van der Waals surface area contributed by atoms with Gasteiger partial charge in [0, 0.05) is 12.3 Å². The average molecular weight is 258 g/mol. The number of aromatic nitrogens is 1. The zero-order valence-corrected chi connectivity index (χ0v) is 10.5. The Morgan fingerprint density at radius 2 is 2.05 bits per heavy atom. The fourth-order valence-electron chi connectivity index (χ4n) is 1.47. The molecule has 0 atom stereocenters. The maximum absolute atomic E-state index is 11.6. The molecule has 2 aromatic rings. The highest BCUT2D eigenvalue weighted by molar-refractivity contribution is 5.83. The van der Waals surface area contributed by atoms with Crippen molar-refractivity contribution in [3.05, 3.63) is 54.2 Å². The summed E-state index contributed by atoms with van der Waals surface area (Å²) in [5.41, 5.74) is 0.927. The van der Waals surface area contributed by atoms with E-state index in [0.717, 1.165) is 5.56 Å². The van der Waals surface area contributed by atoms with Crippen molar-refractivity contribution in [3.63, 3.8) is 0 Å². The molecule has 1 N–H and O–H groups in total. The van der Waals surface area contributed by atoms with Gasteiger partial charge in [0.2, 0.25) is 0 Å². The van der Waals surface area contributed by atoms with Gasteiger partial charge in [0.25, 0.3) is 0 Å². The summed E-state index contributed by atoms with van der Waals surface area (Å²) in [4.78, 5) is 15.6.